The van der Waals surface area contributed by atoms with Crippen LogP contribution in [-0.4, -0.2) is 35.6 Å². The lowest BCUT2D eigenvalue weighted by molar-refractivity contribution is -0.672. The molecule has 0 amide bonds. The topological polar surface area (TPSA) is 36.1 Å². The van der Waals surface area contributed by atoms with Crippen LogP contribution >= 0.6 is 0 Å². The van der Waals surface area contributed by atoms with E-state index in [9.17, 15) is 0 Å². The lowest BCUT2D eigenvalue weighted by Gasteiger charge is -2.22. The maximum absolute atomic E-state index is 6.27. The first kappa shape index (κ1) is 28.4. The molecule has 1 aliphatic carbocycles. The van der Waals surface area contributed by atoms with E-state index in [0.29, 0.717) is 0 Å². The fourth-order valence-corrected chi connectivity index (χ4v) is 7.14. The Labute approximate surface area is 245 Å². The Morgan fingerprint density at radius 3 is 1.44 bits per heavy atom. The number of hydrogen-bond donors (Lipinski definition) is 0. The van der Waals surface area contributed by atoms with Crippen molar-refractivity contribution in [1.29, 1.82) is 0 Å². The zero-order valence-corrected chi connectivity index (χ0v) is 25.0. The van der Waals surface area contributed by atoms with E-state index in [-0.39, 0.29) is 0 Å². The highest BCUT2D eigenvalue weighted by molar-refractivity contribution is 5.72. The first-order valence-corrected chi connectivity index (χ1v) is 16.5. The smallest absolute Gasteiger partial charge is 0.244 e. The zero-order valence-electron chi connectivity index (χ0n) is 25.0. The Morgan fingerprint density at radius 1 is 0.537 bits per heavy atom. The van der Waals surface area contributed by atoms with Gasteiger partial charge in [-0.05, 0) is 61.8 Å². The summed E-state index contributed by atoms with van der Waals surface area (Å²) in [4.78, 5) is 0. The van der Waals surface area contributed by atoms with Gasteiger partial charge in [-0.25, -0.2) is 18.3 Å². The van der Waals surface area contributed by atoms with Gasteiger partial charge in [-0.3, -0.25) is 0 Å². The molecule has 0 unspecified atom stereocenters. The Kier molecular flexibility index (Phi) is 10.0. The number of imidazole rings is 2. The number of fused-ring (bicyclic) bond motifs is 18. The van der Waals surface area contributed by atoms with E-state index in [1.54, 1.807) is 0 Å². The minimum atomic E-state index is 0.731. The van der Waals surface area contributed by atoms with Crippen molar-refractivity contribution in [2.45, 2.75) is 96.8 Å². The fourth-order valence-electron chi connectivity index (χ4n) is 7.14. The number of hydrogen-bond acceptors (Lipinski definition) is 2. The van der Waals surface area contributed by atoms with E-state index in [1.807, 2.05) is 0 Å². The summed E-state index contributed by atoms with van der Waals surface area (Å²) in [5.41, 5.74) is 5.30. The van der Waals surface area contributed by atoms with Crippen molar-refractivity contribution >= 4 is 22.1 Å². The summed E-state index contributed by atoms with van der Waals surface area (Å²) in [6.45, 7) is 7.60. The predicted octanol–water partition coefficient (Wildman–Crippen LogP) is 6.46. The van der Waals surface area contributed by atoms with Crippen LogP contribution in [0.4, 0.5) is 0 Å². The van der Waals surface area contributed by atoms with Gasteiger partial charge in [-0.15, -0.1) is 0 Å². The van der Waals surface area contributed by atoms with Crippen LogP contribution in [-0.2, 0) is 35.7 Å². The SMILES string of the molecule is c1ccc2c(c1)n1c[n+]2CCCOCC2CCCCC(CCCC2)COCCC[n+]2cn(c3ccccc32)CCC1. The molecule has 0 radical (unpaired) electrons. The maximum atomic E-state index is 6.27. The lowest BCUT2D eigenvalue weighted by Crippen LogP contribution is -2.33. The van der Waals surface area contributed by atoms with E-state index < -0.39 is 0 Å². The highest BCUT2D eigenvalue weighted by atomic mass is 16.5. The van der Waals surface area contributed by atoms with Crippen molar-refractivity contribution in [2.75, 3.05) is 26.4 Å². The Balaban J connectivity index is 1.18. The molecule has 3 aliphatic rings. The maximum Gasteiger partial charge on any atom is 0.244 e. The molecular formula is C35H50N4O2+2. The number of ether oxygens (including phenoxy) is 2. The summed E-state index contributed by atoms with van der Waals surface area (Å²) in [6, 6.07) is 17.7. The van der Waals surface area contributed by atoms with Gasteiger partial charge in [0.15, 0.2) is 22.1 Å². The molecule has 4 heterocycles. The summed E-state index contributed by atoms with van der Waals surface area (Å²) in [6.07, 6.45) is 18.5. The highest BCUT2D eigenvalue weighted by Crippen LogP contribution is 2.25. The average Bonchev–Trinajstić information content (AvgIpc) is 3.54. The van der Waals surface area contributed by atoms with Crippen LogP contribution in [0.5, 0.6) is 0 Å². The van der Waals surface area contributed by atoms with Crippen LogP contribution < -0.4 is 9.13 Å². The molecule has 6 bridgehead atoms. The number of aromatic nitrogens is 4. The highest BCUT2D eigenvalue weighted by Gasteiger charge is 2.19. The third-order valence-corrected chi connectivity index (χ3v) is 9.39. The number of rotatable bonds is 0. The summed E-state index contributed by atoms with van der Waals surface area (Å²) >= 11 is 0. The van der Waals surface area contributed by atoms with Crippen molar-refractivity contribution in [1.82, 2.24) is 9.13 Å². The van der Waals surface area contributed by atoms with Crippen molar-refractivity contribution in [2.24, 2.45) is 11.8 Å². The summed E-state index contributed by atoms with van der Waals surface area (Å²) < 4.78 is 22.3. The molecule has 6 nitrogen and oxygen atoms in total. The molecule has 220 valence electrons. The molecule has 4 aromatic rings. The van der Waals surface area contributed by atoms with E-state index in [1.165, 1.54) is 73.4 Å². The Morgan fingerprint density at radius 2 is 0.976 bits per heavy atom. The van der Waals surface area contributed by atoms with E-state index in [0.717, 1.165) is 83.7 Å². The van der Waals surface area contributed by atoms with Crippen LogP contribution in [0.2, 0.25) is 0 Å². The average molecular weight is 559 g/mol. The minimum absolute atomic E-state index is 0.731. The molecule has 0 N–H and O–H groups in total. The number of nitrogens with zero attached hydrogens (tertiary/aromatic N) is 4. The first-order chi connectivity index (χ1) is 20.3. The first-order valence-electron chi connectivity index (χ1n) is 16.5. The molecule has 1 fully saturated rings. The molecule has 6 heteroatoms. The molecule has 7 rings (SSSR count). The van der Waals surface area contributed by atoms with E-state index >= 15 is 0 Å². The normalized spacial score (nSPS) is 23.0. The van der Waals surface area contributed by atoms with Crippen molar-refractivity contribution in [3.63, 3.8) is 0 Å². The molecule has 2 aromatic heterocycles. The van der Waals surface area contributed by atoms with Crippen LogP contribution in [0.15, 0.2) is 61.2 Å². The van der Waals surface area contributed by atoms with Gasteiger partial charge < -0.3 is 9.47 Å². The summed E-state index contributed by atoms with van der Waals surface area (Å²) in [7, 11) is 0. The quantitative estimate of drug-likeness (QED) is 0.233. The predicted molar refractivity (Wildman–Crippen MR) is 164 cm³/mol. The largest absolute Gasteiger partial charge is 0.381 e. The molecule has 2 aromatic carbocycles. The van der Waals surface area contributed by atoms with Crippen molar-refractivity contribution in [3.05, 3.63) is 61.2 Å². The van der Waals surface area contributed by atoms with Gasteiger partial charge in [-0.1, -0.05) is 49.9 Å². The second-order valence-electron chi connectivity index (χ2n) is 12.5. The fraction of sp³-hybridized carbons (Fsp3) is 0.600. The second kappa shape index (κ2) is 14.5. The molecule has 1 saturated carbocycles. The monoisotopic (exact) mass is 558 g/mol. The van der Waals surface area contributed by atoms with Gasteiger partial charge >= 0.3 is 0 Å². The molecule has 0 atom stereocenters. The second-order valence-corrected chi connectivity index (χ2v) is 12.5. The number of para-hydroxylation sites is 4. The zero-order chi connectivity index (χ0) is 27.7. The van der Waals surface area contributed by atoms with Gasteiger partial charge in [0, 0.05) is 32.5 Å². The molecule has 0 saturated heterocycles. The van der Waals surface area contributed by atoms with Crippen LogP contribution in [0.25, 0.3) is 22.1 Å². The summed E-state index contributed by atoms with van der Waals surface area (Å²) in [5, 5.41) is 0. The number of benzene rings is 2. The third-order valence-electron chi connectivity index (χ3n) is 9.39. The standard InChI is InChI=1S/C35H50N4O2/c1-2-13-31-15-4-3-14-30(12-1)26-40-24-10-22-38-28-36(32-16-5-7-18-34(32)38)20-9-21-37-29-39(23-11-25-41-27-31)35-19-8-6-17-33(35)37/h5-8,16-19,28-31H,1-4,9-15,20-27H2/q+2. The lowest BCUT2D eigenvalue weighted by atomic mass is 9.88. The van der Waals surface area contributed by atoms with Crippen LogP contribution in [0, 0.1) is 11.8 Å². The Bertz CT molecular complexity index is 1260. The molecule has 41 heavy (non-hydrogen) atoms. The number of aryl methyl sites for hydroxylation is 4. The summed E-state index contributed by atoms with van der Waals surface area (Å²) in [5.74, 6) is 1.46. The minimum Gasteiger partial charge on any atom is -0.381 e. The van der Waals surface area contributed by atoms with Gasteiger partial charge in [-0.2, -0.15) is 0 Å². The van der Waals surface area contributed by atoms with E-state index in [4.69, 9.17) is 9.47 Å². The van der Waals surface area contributed by atoms with Crippen LogP contribution in [0.1, 0.15) is 70.6 Å². The van der Waals surface area contributed by atoms with E-state index in [2.05, 4.69) is 79.5 Å². The Hall–Kier alpha value is -2.70. The molecule has 2 aliphatic heterocycles. The van der Waals surface area contributed by atoms with Crippen molar-refractivity contribution < 1.29 is 18.6 Å². The van der Waals surface area contributed by atoms with Gasteiger partial charge in [0.1, 0.15) is 0 Å². The van der Waals surface area contributed by atoms with Crippen LogP contribution in [0.3, 0.4) is 0 Å². The van der Waals surface area contributed by atoms with Gasteiger partial charge in [0.25, 0.3) is 0 Å². The molecular weight excluding hydrogens is 508 g/mol. The van der Waals surface area contributed by atoms with Gasteiger partial charge in [0.05, 0.1) is 39.4 Å². The molecule has 0 spiro atoms. The van der Waals surface area contributed by atoms with Crippen molar-refractivity contribution in [3.8, 4) is 0 Å². The van der Waals surface area contributed by atoms with Gasteiger partial charge in [0.2, 0.25) is 12.7 Å². The third kappa shape index (κ3) is 7.39.